The Labute approximate surface area is 176 Å². The molecule has 1 aromatic carbocycles. The third kappa shape index (κ3) is 3.21. The van der Waals surface area contributed by atoms with Gasteiger partial charge in [0.1, 0.15) is 5.82 Å². The van der Waals surface area contributed by atoms with Crippen molar-refractivity contribution in [2.45, 2.75) is 51.1 Å². The minimum atomic E-state index is 0.509. The van der Waals surface area contributed by atoms with E-state index < -0.39 is 0 Å². The van der Waals surface area contributed by atoms with E-state index in [1.165, 1.54) is 31.5 Å². The highest BCUT2D eigenvalue weighted by molar-refractivity contribution is 5.91. The summed E-state index contributed by atoms with van der Waals surface area (Å²) in [7, 11) is 0. The van der Waals surface area contributed by atoms with Crippen LogP contribution in [0.15, 0.2) is 30.3 Å². The third-order valence-corrected chi connectivity index (χ3v) is 6.66. The number of rotatable bonds is 6. The topological polar surface area (TPSA) is 73.0 Å². The van der Waals surface area contributed by atoms with Gasteiger partial charge in [-0.2, -0.15) is 10.1 Å². The number of para-hydroxylation sites is 1. The molecule has 1 saturated carbocycles. The number of nitrogens with one attached hydrogen (secondary N) is 2. The van der Waals surface area contributed by atoms with E-state index in [1.807, 2.05) is 12.1 Å². The van der Waals surface area contributed by atoms with Gasteiger partial charge >= 0.3 is 0 Å². The summed E-state index contributed by atoms with van der Waals surface area (Å²) in [6, 6.07) is 11.5. The number of aromatic amines is 1. The summed E-state index contributed by atoms with van der Waals surface area (Å²) >= 11 is 0. The Morgan fingerprint density at radius 2 is 2.00 bits per heavy atom. The molecule has 2 saturated heterocycles. The minimum Gasteiger partial charge on any atom is -0.335 e. The second-order valence-electron chi connectivity index (χ2n) is 9.54. The van der Waals surface area contributed by atoms with E-state index in [0.29, 0.717) is 23.9 Å². The number of piperazine rings is 1. The van der Waals surface area contributed by atoms with Crippen LogP contribution in [0.4, 0.5) is 17.6 Å². The molecular weight excluding hydrogens is 374 g/mol. The molecular formula is C23H29N7. The first-order valence-corrected chi connectivity index (χ1v) is 11.2. The van der Waals surface area contributed by atoms with Gasteiger partial charge in [-0.3, -0.25) is 10.00 Å². The van der Waals surface area contributed by atoms with E-state index in [9.17, 15) is 0 Å². The maximum Gasteiger partial charge on any atom is 0.228 e. The van der Waals surface area contributed by atoms with Gasteiger partial charge in [-0.05, 0) is 37.3 Å². The van der Waals surface area contributed by atoms with Crippen LogP contribution in [0.25, 0.3) is 10.9 Å². The second-order valence-corrected chi connectivity index (χ2v) is 9.54. The summed E-state index contributed by atoms with van der Waals surface area (Å²) in [6.45, 7) is 7.92. The van der Waals surface area contributed by atoms with Crippen molar-refractivity contribution in [2.24, 2.45) is 5.92 Å². The van der Waals surface area contributed by atoms with Gasteiger partial charge < -0.3 is 10.2 Å². The zero-order valence-electron chi connectivity index (χ0n) is 17.7. The van der Waals surface area contributed by atoms with Gasteiger partial charge in [0, 0.05) is 54.8 Å². The maximum atomic E-state index is 4.98. The second kappa shape index (κ2) is 6.94. The lowest BCUT2D eigenvalue weighted by atomic mass is 10.2. The third-order valence-electron chi connectivity index (χ3n) is 6.66. The molecule has 2 bridgehead atoms. The summed E-state index contributed by atoms with van der Waals surface area (Å²) in [5, 5.41) is 12.1. The number of hydrogen-bond acceptors (Lipinski definition) is 6. The molecule has 3 aromatic rings. The van der Waals surface area contributed by atoms with Gasteiger partial charge in [0.25, 0.3) is 0 Å². The molecule has 2 aromatic heterocycles. The Bertz CT molecular complexity index is 1070. The largest absolute Gasteiger partial charge is 0.335 e. The van der Waals surface area contributed by atoms with Gasteiger partial charge in [0.05, 0.1) is 5.52 Å². The van der Waals surface area contributed by atoms with Crippen molar-refractivity contribution in [3.63, 3.8) is 0 Å². The predicted octanol–water partition coefficient (Wildman–Crippen LogP) is 3.89. The maximum absolute atomic E-state index is 4.98. The number of likely N-dealkylation sites (tertiary alicyclic amines) is 1. The van der Waals surface area contributed by atoms with Crippen molar-refractivity contribution >= 4 is 28.5 Å². The van der Waals surface area contributed by atoms with Crippen LogP contribution in [0.3, 0.4) is 0 Å². The van der Waals surface area contributed by atoms with Crippen LogP contribution in [-0.4, -0.2) is 56.8 Å². The number of fused-ring (bicyclic) bond motifs is 3. The van der Waals surface area contributed by atoms with Gasteiger partial charge in [-0.1, -0.05) is 26.0 Å². The normalized spacial score (nSPS) is 23.8. The first-order valence-electron chi connectivity index (χ1n) is 11.2. The molecule has 2 aliphatic heterocycles. The molecule has 156 valence electrons. The van der Waals surface area contributed by atoms with Crippen LogP contribution in [0.5, 0.6) is 0 Å². The molecule has 2 atom stereocenters. The standard InChI is InChI=1S/C23H29N7/c1-14(2)11-29-12-17-9-16(29)13-30(17)23-24-19-6-4-3-5-18(19)22(26-23)25-21-10-20(27-28-21)15-7-8-15/h3-6,10,14-17H,7-9,11-13H2,1-2H3,(H2,24,25,26,27,28). The highest BCUT2D eigenvalue weighted by atomic mass is 15.4. The van der Waals surface area contributed by atoms with Crippen molar-refractivity contribution in [3.05, 3.63) is 36.0 Å². The Balaban J connectivity index is 1.30. The molecule has 0 spiro atoms. The van der Waals surface area contributed by atoms with Crippen LogP contribution in [-0.2, 0) is 0 Å². The van der Waals surface area contributed by atoms with Gasteiger partial charge in [0.15, 0.2) is 5.82 Å². The molecule has 2 unspecified atom stereocenters. The first-order chi connectivity index (χ1) is 14.6. The van der Waals surface area contributed by atoms with Crippen molar-refractivity contribution in [2.75, 3.05) is 29.9 Å². The van der Waals surface area contributed by atoms with Crippen LogP contribution in [0.2, 0.25) is 0 Å². The number of anilines is 3. The Morgan fingerprint density at radius 1 is 1.13 bits per heavy atom. The highest BCUT2D eigenvalue weighted by Crippen LogP contribution is 2.40. The summed E-state index contributed by atoms with van der Waals surface area (Å²) in [4.78, 5) is 15.0. The summed E-state index contributed by atoms with van der Waals surface area (Å²) in [5.74, 6) is 3.87. The molecule has 3 aliphatic rings. The van der Waals surface area contributed by atoms with Gasteiger partial charge in [-0.15, -0.1) is 0 Å². The lowest BCUT2D eigenvalue weighted by Crippen LogP contribution is -2.48. The molecule has 6 rings (SSSR count). The fourth-order valence-corrected chi connectivity index (χ4v) is 5.10. The summed E-state index contributed by atoms with van der Waals surface area (Å²) in [5.41, 5.74) is 2.20. The lowest BCUT2D eigenvalue weighted by Gasteiger charge is -2.35. The van der Waals surface area contributed by atoms with Crippen LogP contribution < -0.4 is 10.2 Å². The zero-order valence-corrected chi connectivity index (χ0v) is 17.7. The smallest absolute Gasteiger partial charge is 0.228 e. The van der Waals surface area contributed by atoms with E-state index in [0.717, 1.165) is 41.6 Å². The Morgan fingerprint density at radius 3 is 2.77 bits per heavy atom. The molecule has 3 fully saturated rings. The number of aromatic nitrogens is 4. The number of hydrogen-bond donors (Lipinski definition) is 2. The van der Waals surface area contributed by atoms with Crippen LogP contribution in [0.1, 0.15) is 44.7 Å². The predicted molar refractivity (Wildman–Crippen MR) is 119 cm³/mol. The molecule has 7 nitrogen and oxygen atoms in total. The fourth-order valence-electron chi connectivity index (χ4n) is 5.10. The Hall–Kier alpha value is -2.67. The molecule has 30 heavy (non-hydrogen) atoms. The molecule has 4 heterocycles. The molecule has 1 aliphatic carbocycles. The quantitative estimate of drug-likeness (QED) is 0.650. The van der Waals surface area contributed by atoms with E-state index in [2.05, 4.69) is 57.4 Å². The van der Waals surface area contributed by atoms with Crippen molar-refractivity contribution in [1.29, 1.82) is 0 Å². The van der Waals surface area contributed by atoms with E-state index in [-0.39, 0.29) is 0 Å². The lowest BCUT2D eigenvalue weighted by molar-refractivity contribution is 0.213. The van der Waals surface area contributed by atoms with Crippen LogP contribution in [0, 0.1) is 5.92 Å². The van der Waals surface area contributed by atoms with E-state index >= 15 is 0 Å². The average molecular weight is 404 g/mol. The van der Waals surface area contributed by atoms with Gasteiger partial charge in [-0.25, -0.2) is 4.98 Å². The highest BCUT2D eigenvalue weighted by Gasteiger charge is 2.44. The Kier molecular flexibility index (Phi) is 4.19. The zero-order chi connectivity index (χ0) is 20.2. The van der Waals surface area contributed by atoms with Crippen molar-refractivity contribution in [3.8, 4) is 0 Å². The number of benzene rings is 1. The van der Waals surface area contributed by atoms with E-state index in [4.69, 9.17) is 9.97 Å². The molecule has 7 heteroatoms. The molecule has 0 radical (unpaired) electrons. The number of nitrogens with zero attached hydrogens (tertiary/aromatic N) is 5. The summed E-state index contributed by atoms with van der Waals surface area (Å²) in [6.07, 6.45) is 3.73. The van der Waals surface area contributed by atoms with Crippen molar-refractivity contribution < 1.29 is 0 Å². The SMILES string of the molecule is CC(C)CN1CC2CC1CN2c1nc(Nc2cc(C3CC3)[nH]n2)c2ccccc2n1. The molecule has 0 amide bonds. The van der Waals surface area contributed by atoms with E-state index in [1.54, 1.807) is 0 Å². The van der Waals surface area contributed by atoms with Gasteiger partial charge in [0.2, 0.25) is 5.95 Å². The van der Waals surface area contributed by atoms with Crippen LogP contribution >= 0.6 is 0 Å². The number of H-pyrrole nitrogens is 1. The summed E-state index contributed by atoms with van der Waals surface area (Å²) < 4.78 is 0. The van der Waals surface area contributed by atoms with Crippen molar-refractivity contribution in [1.82, 2.24) is 25.1 Å². The average Bonchev–Trinajstić information content (AvgIpc) is 3.16. The minimum absolute atomic E-state index is 0.509. The fraction of sp³-hybridized carbons (Fsp3) is 0.522. The monoisotopic (exact) mass is 403 g/mol. The molecule has 2 N–H and O–H groups in total. The first kappa shape index (κ1) is 18.1.